The lowest BCUT2D eigenvalue weighted by atomic mass is 10.2. The van der Waals surface area contributed by atoms with Crippen molar-refractivity contribution in [3.8, 4) is 0 Å². The van der Waals surface area contributed by atoms with Crippen LogP contribution in [-0.4, -0.2) is 29.9 Å². The van der Waals surface area contributed by atoms with Crippen LogP contribution in [0.1, 0.15) is 19.8 Å². The monoisotopic (exact) mass is 194 g/mol. The third-order valence-electron chi connectivity index (χ3n) is 1.32. The zero-order chi connectivity index (χ0) is 9.61. The van der Waals surface area contributed by atoms with Gasteiger partial charge in [-0.05, 0) is 12.8 Å². The molecule has 0 amide bonds. The maximum atomic E-state index is 10.2. The van der Waals surface area contributed by atoms with Crippen molar-refractivity contribution in [3.63, 3.8) is 0 Å². The minimum absolute atomic E-state index is 0.232. The summed E-state index contributed by atoms with van der Waals surface area (Å²) >= 11 is 0. The van der Waals surface area contributed by atoms with Crippen molar-refractivity contribution < 1.29 is 18.1 Å². The molecule has 0 bridgehead atoms. The number of aliphatic hydroxyl groups is 1. The van der Waals surface area contributed by atoms with E-state index >= 15 is 0 Å². The number of allylic oxidation sites excluding steroid dienone is 1. The first-order valence-electron chi connectivity index (χ1n) is 3.75. The topological polar surface area (TPSA) is 74.6 Å². The summed E-state index contributed by atoms with van der Waals surface area (Å²) in [6, 6.07) is 0. The number of hydrogen-bond donors (Lipinski definition) is 2. The molecule has 4 nitrogen and oxygen atoms in total. The van der Waals surface area contributed by atoms with Crippen LogP contribution in [0.15, 0.2) is 12.2 Å². The van der Waals surface area contributed by atoms with Gasteiger partial charge >= 0.3 is 0 Å². The highest BCUT2D eigenvalue weighted by atomic mass is 32.2. The summed E-state index contributed by atoms with van der Waals surface area (Å²) in [6.45, 7) is 1.82. The second kappa shape index (κ2) is 5.29. The highest BCUT2D eigenvalue weighted by Crippen LogP contribution is 1.95. The summed E-state index contributed by atoms with van der Waals surface area (Å²) in [7, 11) is -3.86. The van der Waals surface area contributed by atoms with Gasteiger partial charge in [-0.25, -0.2) is 0 Å². The molecule has 0 aromatic rings. The Hall–Kier alpha value is -0.390. The summed E-state index contributed by atoms with van der Waals surface area (Å²) in [5.74, 6) is -0.292. The Morgan fingerprint density at radius 2 is 2.08 bits per heavy atom. The molecule has 12 heavy (non-hydrogen) atoms. The molecule has 2 N–H and O–H groups in total. The molecule has 0 heterocycles. The SMILES string of the molecule is CCC(O)/C=C/CCS(=O)(=O)O. The lowest BCUT2D eigenvalue weighted by Gasteiger charge is -1.97. The molecule has 0 aliphatic heterocycles. The van der Waals surface area contributed by atoms with Crippen LogP contribution in [0.4, 0.5) is 0 Å². The number of hydrogen-bond acceptors (Lipinski definition) is 3. The molecule has 0 aromatic heterocycles. The van der Waals surface area contributed by atoms with Gasteiger partial charge in [0.2, 0.25) is 0 Å². The lowest BCUT2D eigenvalue weighted by molar-refractivity contribution is 0.219. The molecule has 0 fully saturated rings. The third kappa shape index (κ3) is 7.71. The molecule has 0 rings (SSSR count). The average molecular weight is 194 g/mol. The molecule has 1 unspecified atom stereocenters. The maximum Gasteiger partial charge on any atom is 0.265 e. The maximum absolute atomic E-state index is 10.2. The molecule has 0 aliphatic carbocycles. The van der Waals surface area contributed by atoms with Gasteiger partial charge in [0, 0.05) is 0 Å². The van der Waals surface area contributed by atoms with E-state index in [-0.39, 0.29) is 12.2 Å². The summed E-state index contributed by atoms with van der Waals surface area (Å²) in [5, 5.41) is 8.99. The van der Waals surface area contributed by atoms with E-state index in [1.807, 2.05) is 6.92 Å². The molecule has 1 atom stereocenters. The van der Waals surface area contributed by atoms with E-state index in [4.69, 9.17) is 9.66 Å². The van der Waals surface area contributed by atoms with Gasteiger partial charge in [-0.1, -0.05) is 19.1 Å². The quantitative estimate of drug-likeness (QED) is 0.496. The molecule has 0 saturated carbocycles. The van der Waals surface area contributed by atoms with Crippen LogP contribution in [-0.2, 0) is 10.1 Å². The predicted molar refractivity (Wildman–Crippen MR) is 46.5 cm³/mol. The Labute approximate surface area is 72.7 Å². The fourth-order valence-electron chi connectivity index (χ4n) is 0.606. The van der Waals surface area contributed by atoms with Gasteiger partial charge in [0.05, 0.1) is 11.9 Å². The van der Waals surface area contributed by atoms with Gasteiger partial charge in [0.15, 0.2) is 0 Å². The zero-order valence-corrected chi connectivity index (χ0v) is 7.79. The van der Waals surface area contributed by atoms with E-state index in [1.54, 1.807) is 6.08 Å². The Bertz CT molecular complexity index is 230. The Kier molecular flexibility index (Phi) is 5.12. The molecule has 0 aliphatic rings. The average Bonchev–Trinajstić information content (AvgIpc) is 1.96. The van der Waals surface area contributed by atoms with Crippen LogP contribution in [0.3, 0.4) is 0 Å². The van der Waals surface area contributed by atoms with E-state index in [2.05, 4.69) is 0 Å². The van der Waals surface area contributed by atoms with Crippen LogP contribution in [0.25, 0.3) is 0 Å². The minimum atomic E-state index is -3.86. The Balaban J connectivity index is 3.63. The predicted octanol–water partition coefficient (Wildman–Crippen LogP) is 0.591. The third-order valence-corrected chi connectivity index (χ3v) is 2.07. The summed E-state index contributed by atoms with van der Waals surface area (Å²) < 4.78 is 28.7. The Morgan fingerprint density at radius 3 is 2.50 bits per heavy atom. The molecule has 0 radical (unpaired) electrons. The van der Waals surface area contributed by atoms with Crippen molar-refractivity contribution in [2.24, 2.45) is 0 Å². The molecular weight excluding hydrogens is 180 g/mol. The van der Waals surface area contributed by atoms with E-state index in [0.29, 0.717) is 6.42 Å². The van der Waals surface area contributed by atoms with Crippen LogP contribution in [0.2, 0.25) is 0 Å². The highest BCUT2D eigenvalue weighted by molar-refractivity contribution is 7.85. The van der Waals surface area contributed by atoms with Crippen molar-refractivity contribution in [1.82, 2.24) is 0 Å². The standard InChI is InChI=1S/C7H14O4S/c1-2-7(8)5-3-4-6-12(9,10)11/h3,5,7-8H,2,4,6H2,1H3,(H,9,10,11)/b5-3+. The van der Waals surface area contributed by atoms with E-state index in [0.717, 1.165) is 0 Å². The van der Waals surface area contributed by atoms with Gasteiger partial charge in [0.1, 0.15) is 0 Å². The first-order chi connectivity index (χ1) is 5.45. The van der Waals surface area contributed by atoms with Crippen molar-refractivity contribution in [2.45, 2.75) is 25.9 Å². The van der Waals surface area contributed by atoms with Crippen LogP contribution >= 0.6 is 0 Å². The van der Waals surface area contributed by atoms with E-state index in [9.17, 15) is 8.42 Å². The second-order valence-corrected chi connectivity index (χ2v) is 4.05. The number of rotatable bonds is 5. The van der Waals surface area contributed by atoms with Crippen molar-refractivity contribution in [2.75, 3.05) is 5.75 Å². The first kappa shape index (κ1) is 11.6. The highest BCUT2D eigenvalue weighted by Gasteiger charge is 2.01. The fraction of sp³-hybridized carbons (Fsp3) is 0.714. The zero-order valence-electron chi connectivity index (χ0n) is 6.97. The summed E-state index contributed by atoms with van der Waals surface area (Å²) in [5.41, 5.74) is 0. The smallest absolute Gasteiger partial charge is 0.265 e. The molecule has 72 valence electrons. The number of aliphatic hydroxyl groups excluding tert-OH is 1. The van der Waals surface area contributed by atoms with Crippen molar-refractivity contribution in [3.05, 3.63) is 12.2 Å². The van der Waals surface area contributed by atoms with Crippen LogP contribution in [0.5, 0.6) is 0 Å². The Morgan fingerprint density at radius 1 is 1.50 bits per heavy atom. The van der Waals surface area contributed by atoms with Gasteiger partial charge in [-0.2, -0.15) is 8.42 Å². The molecule has 0 aromatic carbocycles. The lowest BCUT2D eigenvalue weighted by Crippen LogP contribution is -2.03. The van der Waals surface area contributed by atoms with Crippen molar-refractivity contribution in [1.29, 1.82) is 0 Å². The molecule has 5 heteroatoms. The molecular formula is C7H14O4S. The van der Waals surface area contributed by atoms with Crippen molar-refractivity contribution >= 4 is 10.1 Å². The minimum Gasteiger partial charge on any atom is -0.389 e. The van der Waals surface area contributed by atoms with Crippen LogP contribution in [0, 0.1) is 0 Å². The summed E-state index contributed by atoms with van der Waals surface area (Å²) in [4.78, 5) is 0. The normalized spacial score (nSPS) is 15.2. The van der Waals surface area contributed by atoms with Gasteiger partial charge in [-0.3, -0.25) is 4.55 Å². The fourth-order valence-corrected chi connectivity index (χ4v) is 1.04. The van der Waals surface area contributed by atoms with Crippen LogP contribution < -0.4 is 0 Å². The summed E-state index contributed by atoms with van der Waals surface area (Å²) in [6.07, 6.45) is 3.37. The van der Waals surface area contributed by atoms with Gasteiger partial charge < -0.3 is 5.11 Å². The van der Waals surface area contributed by atoms with E-state index in [1.165, 1.54) is 6.08 Å². The van der Waals surface area contributed by atoms with Gasteiger partial charge in [0.25, 0.3) is 10.1 Å². The first-order valence-corrected chi connectivity index (χ1v) is 5.36. The second-order valence-electron chi connectivity index (χ2n) is 2.48. The molecule has 0 saturated heterocycles. The molecule has 0 spiro atoms. The van der Waals surface area contributed by atoms with E-state index < -0.39 is 16.2 Å². The van der Waals surface area contributed by atoms with Gasteiger partial charge in [-0.15, -0.1) is 0 Å². The largest absolute Gasteiger partial charge is 0.389 e.